The lowest BCUT2D eigenvalue weighted by Crippen LogP contribution is -2.37. The van der Waals surface area contributed by atoms with E-state index in [0.29, 0.717) is 11.6 Å². The van der Waals surface area contributed by atoms with Crippen molar-refractivity contribution >= 4 is 11.6 Å². The van der Waals surface area contributed by atoms with Crippen LogP contribution in [-0.2, 0) is 0 Å². The standard InChI is InChI=1S/C11H20N4O2/c1-7-9(12-4)14-8(2)15-10(7)13-5-11(3,17)6-16/h16-17H,5-6H2,1-4H3,(H2,12,13,14,15). The molecule has 0 aliphatic rings. The molecule has 0 aliphatic carbocycles. The molecule has 0 fully saturated rings. The molecule has 1 rings (SSSR count). The van der Waals surface area contributed by atoms with E-state index in [1.165, 1.54) is 0 Å². The van der Waals surface area contributed by atoms with E-state index >= 15 is 0 Å². The molecule has 17 heavy (non-hydrogen) atoms. The molecule has 0 amide bonds. The van der Waals surface area contributed by atoms with Gasteiger partial charge in [-0.3, -0.25) is 0 Å². The minimum atomic E-state index is -1.16. The fourth-order valence-corrected chi connectivity index (χ4v) is 1.37. The van der Waals surface area contributed by atoms with Gasteiger partial charge < -0.3 is 20.8 Å². The summed E-state index contributed by atoms with van der Waals surface area (Å²) in [4.78, 5) is 8.51. The van der Waals surface area contributed by atoms with Gasteiger partial charge in [-0.2, -0.15) is 0 Å². The monoisotopic (exact) mass is 240 g/mol. The summed E-state index contributed by atoms with van der Waals surface area (Å²) in [6.07, 6.45) is 0. The van der Waals surface area contributed by atoms with Gasteiger partial charge in [-0.1, -0.05) is 0 Å². The van der Waals surface area contributed by atoms with Crippen LogP contribution in [0.4, 0.5) is 11.6 Å². The van der Waals surface area contributed by atoms with Crippen molar-refractivity contribution in [3.8, 4) is 0 Å². The van der Waals surface area contributed by atoms with E-state index in [2.05, 4.69) is 20.6 Å². The lowest BCUT2D eigenvalue weighted by Gasteiger charge is -2.22. The van der Waals surface area contributed by atoms with Crippen molar-refractivity contribution in [2.75, 3.05) is 30.8 Å². The Morgan fingerprint density at radius 1 is 1.24 bits per heavy atom. The SMILES string of the molecule is CNc1nc(C)nc(NCC(C)(O)CO)c1C. The third kappa shape index (κ3) is 3.54. The number of nitrogens with zero attached hydrogens (tertiary/aromatic N) is 2. The number of anilines is 2. The average molecular weight is 240 g/mol. The Morgan fingerprint density at radius 2 is 1.82 bits per heavy atom. The fraction of sp³-hybridized carbons (Fsp3) is 0.636. The predicted octanol–water partition coefficient (Wildman–Crippen LogP) is 0.290. The molecular formula is C11H20N4O2. The first-order chi connectivity index (χ1) is 7.89. The summed E-state index contributed by atoms with van der Waals surface area (Å²) >= 11 is 0. The van der Waals surface area contributed by atoms with Crippen molar-refractivity contribution < 1.29 is 10.2 Å². The molecule has 6 heteroatoms. The van der Waals surface area contributed by atoms with Crippen LogP contribution in [0.3, 0.4) is 0 Å². The highest BCUT2D eigenvalue weighted by molar-refractivity contribution is 5.57. The first-order valence-electron chi connectivity index (χ1n) is 5.49. The number of hydrogen-bond acceptors (Lipinski definition) is 6. The molecule has 0 saturated heterocycles. The summed E-state index contributed by atoms with van der Waals surface area (Å²) in [6, 6.07) is 0. The maximum Gasteiger partial charge on any atom is 0.134 e. The van der Waals surface area contributed by atoms with Crippen LogP contribution >= 0.6 is 0 Å². The van der Waals surface area contributed by atoms with E-state index in [1.807, 2.05) is 6.92 Å². The van der Waals surface area contributed by atoms with Gasteiger partial charge in [-0.05, 0) is 20.8 Å². The number of rotatable bonds is 5. The normalized spacial score (nSPS) is 14.2. The Bertz CT molecular complexity index is 393. The Balaban J connectivity index is 2.88. The van der Waals surface area contributed by atoms with Gasteiger partial charge >= 0.3 is 0 Å². The first-order valence-corrected chi connectivity index (χ1v) is 5.49. The van der Waals surface area contributed by atoms with Gasteiger partial charge in [0.1, 0.15) is 23.1 Å². The molecule has 6 nitrogen and oxygen atoms in total. The van der Waals surface area contributed by atoms with E-state index in [1.54, 1.807) is 20.9 Å². The van der Waals surface area contributed by atoms with Crippen LogP contribution in [-0.4, -0.2) is 46.0 Å². The number of aryl methyl sites for hydroxylation is 1. The van der Waals surface area contributed by atoms with E-state index in [4.69, 9.17) is 5.11 Å². The Kier molecular flexibility index (Phi) is 4.25. The topological polar surface area (TPSA) is 90.3 Å². The van der Waals surface area contributed by atoms with Gasteiger partial charge in [0.2, 0.25) is 0 Å². The van der Waals surface area contributed by atoms with E-state index < -0.39 is 5.60 Å². The van der Waals surface area contributed by atoms with Crippen LogP contribution in [0.1, 0.15) is 18.3 Å². The van der Waals surface area contributed by atoms with Gasteiger partial charge in [-0.25, -0.2) is 9.97 Å². The molecule has 1 unspecified atom stereocenters. The van der Waals surface area contributed by atoms with Crippen LogP contribution in [0.2, 0.25) is 0 Å². The molecule has 0 radical (unpaired) electrons. The summed E-state index contributed by atoms with van der Waals surface area (Å²) in [5.41, 5.74) is -0.280. The summed E-state index contributed by atoms with van der Waals surface area (Å²) in [5.74, 6) is 2.06. The van der Waals surface area contributed by atoms with Crippen LogP contribution in [0, 0.1) is 13.8 Å². The number of hydrogen-bond donors (Lipinski definition) is 4. The maximum absolute atomic E-state index is 9.70. The maximum atomic E-state index is 9.70. The fourth-order valence-electron chi connectivity index (χ4n) is 1.37. The van der Waals surface area contributed by atoms with Crippen LogP contribution in [0.25, 0.3) is 0 Å². The zero-order valence-electron chi connectivity index (χ0n) is 10.7. The second-order valence-corrected chi connectivity index (χ2v) is 4.35. The Labute approximate surface area is 101 Å². The van der Waals surface area contributed by atoms with Crippen molar-refractivity contribution in [3.05, 3.63) is 11.4 Å². The van der Waals surface area contributed by atoms with Gasteiger partial charge in [-0.15, -0.1) is 0 Å². The van der Waals surface area contributed by atoms with Gasteiger partial charge in [0.25, 0.3) is 0 Å². The second-order valence-electron chi connectivity index (χ2n) is 4.35. The minimum Gasteiger partial charge on any atom is -0.393 e. The molecule has 0 saturated carbocycles. The zero-order chi connectivity index (χ0) is 13.1. The number of aliphatic hydroxyl groups is 2. The second kappa shape index (κ2) is 5.29. The Morgan fingerprint density at radius 3 is 2.35 bits per heavy atom. The van der Waals surface area contributed by atoms with Crippen molar-refractivity contribution in [3.63, 3.8) is 0 Å². The molecule has 1 heterocycles. The predicted molar refractivity (Wildman–Crippen MR) is 67.3 cm³/mol. The van der Waals surface area contributed by atoms with Gasteiger partial charge in [0, 0.05) is 19.2 Å². The number of aliphatic hydroxyl groups excluding tert-OH is 1. The molecule has 0 aliphatic heterocycles. The molecule has 1 atom stereocenters. The van der Waals surface area contributed by atoms with Crippen LogP contribution in [0.5, 0.6) is 0 Å². The van der Waals surface area contributed by atoms with Crippen LogP contribution < -0.4 is 10.6 Å². The van der Waals surface area contributed by atoms with E-state index in [0.717, 1.165) is 11.4 Å². The highest BCUT2D eigenvalue weighted by Gasteiger charge is 2.19. The summed E-state index contributed by atoms with van der Waals surface area (Å²) in [6.45, 7) is 5.17. The highest BCUT2D eigenvalue weighted by Crippen LogP contribution is 2.19. The molecule has 0 aromatic carbocycles. The van der Waals surface area contributed by atoms with Crippen molar-refractivity contribution in [2.45, 2.75) is 26.4 Å². The molecule has 96 valence electrons. The summed E-state index contributed by atoms with van der Waals surface area (Å²) < 4.78 is 0. The number of aromatic nitrogens is 2. The third-order valence-corrected chi connectivity index (χ3v) is 2.47. The zero-order valence-corrected chi connectivity index (χ0v) is 10.7. The van der Waals surface area contributed by atoms with E-state index in [9.17, 15) is 5.11 Å². The quantitative estimate of drug-likeness (QED) is 0.591. The van der Waals surface area contributed by atoms with Crippen molar-refractivity contribution in [1.82, 2.24) is 9.97 Å². The first kappa shape index (κ1) is 13.7. The third-order valence-electron chi connectivity index (χ3n) is 2.47. The molecule has 0 bridgehead atoms. The van der Waals surface area contributed by atoms with Gasteiger partial charge in [0.15, 0.2) is 0 Å². The highest BCUT2D eigenvalue weighted by atomic mass is 16.3. The molecule has 1 aromatic heterocycles. The molecule has 4 N–H and O–H groups in total. The molecule has 1 aromatic rings. The number of nitrogens with one attached hydrogen (secondary N) is 2. The van der Waals surface area contributed by atoms with Crippen molar-refractivity contribution in [2.24, 2.45) is 0 Å². The molecule has 0 spiro atoms. The van der Waals surface area contributed by atoms with Crippen molar-refractivity contribution in [1.29, 1.82) is 0 Å². The summed E-state index contributed by atoms with van der Waals surface area (Å²) in [7, 11) is 1.79. The van der Waals surface area contributed by atoms with Gasteiger partial charge in [0.05, 0.1) is 6.61 Å². The Hall–Kier alpha value is -1.40. The average Bonchev–Trinajstić information content (AvgIpc) is 2.30. The lowest BCUT2D eigenvalue weighted by atomic mass is 10.1. The van der Waals surface area contributed by atoms with Crippen LogP contribution in [0.15, 0.2) is 0 Å². The smallest absolute Gasteiger partial charge is 0.134 e. The summed E-state index contributed by atoms with van der Waals surface area (Å²) in [5, 5.41) is 24.7. The largest absolute Gasteiger partial charge is 0.393 e. The molecular weight excluding hydrogens is 220 g/mol. The lowest BCUT2D eigenvalue weighted by molar-refractivity contribution is 0.0131. The minimum absolute atomic E-state index is 0.226. The van der Waals surface area contributed by atoms with E-state index in [-0.39, 0.29) is 13.2 Å².